The smallest absolute Gasteiger partial charge is 0.233 e. The van der Waals surface area contributed by atoms with Crippen LogP contribution in [0.4, 0.5) is 4.39 Å². The molecule has 0 radical (unpaired) electrons. The van der Waals surface area contributed by atoms with Gasteiger partial charge in [-0.25, -0.2) is 9.07 Å². The normalized spacial score (nSPS) is 12.2. The summed E-state index contributed by atoms with van der Waals surface area (Å²) in [5, 5.41) is 10.9. The fraction of sp³-hybridized carbons (Fsp3) is 0.438. The topological polar surface area (TPSA) is 95.1 Å². The minimum atomic E-state index is -0.351. The average Bonchev–Trinajstić information content (AvgIpc) is 2.92. The molecule has 0 aliphatic heterocycles. The summed E-state index contributed by atoms with van der Waals surface area (Å²) in [4.78, 5) is 12.0. The minimum absolute atomic E-state index is 0.0780. The fourth-order valence-corrected chi connectivity index (χ4v) is 2.64. The molecule has 0 saturated heterocycles. The molecule has 0 spiro atoms. The van der Waals surface area contributed by atoms with E-state index in [9.17, 15) is 9.18 Å². The quantitative estimate of drug-likeness (QED) is 0.547. The molecule has 136 valence electrons. The van der Waals surface area contributed by atoms with Crippen molar-refractivity contribution in [1.29, 1.82) is 0 Å². The van der Waals surface area contributed by atoms with Crippen LogP contribution >= 0.6 is 11.8 Å². The number of nitrogens with two attached hydrogens (primary N) is 1. The summed E-state index contributed by atoms with van der Waals surface area (Å²) in [5.74, 6) is 6.84. The Kier molecular flexibility index (Phi) is 6.63. The van der Waals surface area contributed by atoms with Crippen molar-refractivity contribution in [3.8, 4) is 5.75 Å². The predicted molar refractivity (Wildman–Crippen MR) is 94.1 cm³/mol. The number of nitrogen functional groups attached to an aromatic ring is 1. The van der Waals surface area contributed by atoms with E-state index >= 15 is 0 Å². The molecule has 1 atom stereocenters. The lowest BCUT2D eigenvalue weighted by molar-refractivity contribution is -0.120. The molecule has 7 nitrogen and oxygen atoms in total. The summed E-state index contributed by atoms with van der Waals surface area (Å²) in [6.45, 7) is 6.55. The molecule has 1 aromatic carbocycles. The van der Waals surface area contributed by atoms with E-state index in [-0.39, 0.29) is 23.6 Å². The van der Waals surface area contributed by atoms with Crippen LogP contribution in [0.5, 0.6) is 5.75 Å². The van der Waals surface area contributed by atoms with E-state index in [0.717, 1.165) is 0 Å². The maximum absolute atomic E-state index is 12.9. The largest absolute Gasteiger partial charge is 0.486 e. The number of carbonyl (C=O) groups excluding carboxylic acids is 1. The van der Waals surface area contributed by atoms with Gasteiger partial charge in [-0.3, -0.25) is 4.79 Å². The Morgan fingerprint density at radius 3 is 2.64 bits per heavy atom. The van der Waals surface area contributed by atoms with Crippen molar-refractivity contribution < 1.29 is 13.9 Å². The van der Waals surface area contributed by atoms with Gasteiger partial charge in [-0.2, -0.15) is 0 Å². The average molecular weight is 367 g/mol. The van der Waals surface area contributed by atoms with Crippen LogP contribution in [0.25, 0.3) is 0 Å². The zero-order valence-electron chi connectivity index (χ0n) is 14.4. The van der Waals surface area contributed by atoms with Crippen molar-refractivity contribution in [3.05, 3.63) is 35.9 Å². The van der Waals surface area contributed by atoms with E-state index < -0.39 is 0 Å². The van der Waals surface area contributed by atoms with Gasteiger partial charge in [0.15, 0.2) is 5.82 Å². The lowest BCUT2D eigenvalue weighted by atomic mass is 10.2. The number of aromatic nitrogens is 3. The molecule has 0 saturated carbocycles. The first-order valence-corrected chi connectivity index (χ1v) is 8.77. The SMILES string of the molecule is CC(C)CNC(=O)C(C)Sc1nnc(COc2ccc(F)cc2)n1N. The molecule has 0 aliphatic rings. The molecule has 1 aromatic heterocycles. The number of thioether (sulfide) groups is 1. The molecule has 25 heavy (non-hydrogen) atoms. The summed E-state index contributed by atoms with van der Waals surface area (Å²) in [6, 6.07) is 5.65. The van der Waals surface area contributed by atoms with Crippen LogP contribution in [0.3, 0.4) is 0 Å². The third-order valence-corrected chi connectivity index (χ3v) is 4.31. The maximum atomic E-state index is 12.9. The minimum Gasteiger partial charge on any atom is -0.486 e. The second-order valence-corrected chi connectivity index (χ2v) is 7.22. The van der Waals surface area contributed by atoms with E-state index in [1.165, 1.54) is 40.7 Å². The first-order chi connectivity index (χ1) is 11.9. The molecule has 3 N–H and O–H groups in total. The van der Waals surface area contributed by atoms with Crippen LogP contribution < -0.4 is 15.9 Å². The van der Waals surface area contributed by atoms with Crippen LogP contribution in [0.15, 0.2) is 29.4 Å². The Morgan fingerprint density at radius 1 is 1.32 bits per heavy atom. The monoisotopic (exact) mass is 367 g/mol. The van der Waals surface area contributed by atoms with Crippen molar-refractivity contribution in [2.24, 2.45) is 5.92 Å². The number of amides is 1. The van der Waals surface area contributed by atoms with Crippen molar-refractivity contribution in [2.75, 3.05) is 12.4 Å². The third kappa shape index (κ3) is 5.63. The third-order valence-electron chi connectivity index (χ3n) is 3.25. The van der Waals surface area contributed by atoms with Gasteiger partial charge in [0.05, 0.1) is 5.25 Å². The Labute approximate surface area is 150 Å². The van der Waals surface area contributed by atoms with Gasteiger partial charge in [-0.05, 0) is 37.1 Å². The van der Waals surface area contributed by atoms with Gasteiger partial charge in [0.1, 0.15) is 18.2 Å². The first-order valence-electron chi connectivity index (χ1n) is 7.89. The van der Waals surface area contributed by atoms with Gasteiger partial charge in [-0.1, -0.05) is 25.6 Å². The second-order valence-electron chi connectivity index (χ2n) is 5.91. The number of nitrogens with one attached hydrogen (secondary N) is 1. The highest BCUT2D eigenvalue weighted by Crippen LogP contribution is 2.21. The van der Waals surface area contributed by atoms with Gasteiger partial charge in [0.25, 0.3) is 0 Å². The standard InChI is InChI=1S/C16H22FN5O2S/c1-10(2)8-19-15(23)11(3)25-16-21-20-14(22(16)18)9-24-13-6-4-12(17)5-7-13/h4-7,10-11H,8-9,18H2,1-3H3,(H,19,23). The zero-order valence-corrected chi connectivity index (χ0v) is 15.2. The summed E-state index contributed by atoms with van der Waals surface area (Å²) in [5.41, 5.74) is 0. The van der Waals surface area contributed by atoms with Crippen LogP contribution in [0.1, 0.15) is 26.6 Å². The van der Waals surface area contributed by atoms with E-state index in [2.05, 4.69) is 15.5 Å². The lowest BCUT2D eigenvalue weighted by Crippen LogP contribution is -2.33. The number of halogens is 1. The molecule has 2 aromatic rings. The van der Waals surface area contributed by atoms with Crippen LogP contribution in [0.2, 0.25) is 0 Å². The summed E-state index contributed by atoms with van der Waals surface area (Å²) >= 11 is 1.22. The van der Waals surface area contributed by atoms with Crippen LogP contribution in [0, 0.1) is 11.7 Å². The van der Waals surface area contributed by atoms with Crippen LogP contribution in [-0.2, 0) is 11.4 Å². The Balaban J connectivity index is 1.91. The molecule has 1 amide bonds. The number of nitrogens with zero attached hydrogens (tertiary/aromatic N) is 3. The number of hydrogen-bond donors (Lipinski definition) is 2. The van der Waals surface area contributed by atoms with Gasteiger partial charge in [-0.15, -0.1) is 10.2 Å². The summed E-state index contributed by atoms with van der Waals surface area (Å²) in [7, 11) is 0. The molecule has 1 unspecified atom stereocenters. The molecule has 9 heteroatoms. The Hall–Kier alpha value is -2.29. The number of carbonyl (C=O) groups is 1. The van der Waals surface area contributed by atoms with Crippen molar-refractivity contribution in [2.45, 2.75) is 37.8 Å². The summed E-state index contributed by atoms with van der Waals surface area (Å²) < 4.78 is 19.7. The molecule has 1 heterocycles. The first kappa shape index (κ1) is 19.0. The van der Waals surface area contributed by atoms with E-state index in [0.29, 0.717) is 29.2 Å². The van der Waals surface area contributed by atoms with E-state index in [4.69, 9.17) is 10.6 Å². The van der Waals surface area contributed by atoms with E-state index in [1.807, 2.05) is 13.8 Å². The van der Waals surface area contributed by atoms with Gasteiger partial charge >= 0.3 is 0 Å². The molecule has 0 fully saturated rings. The fourth-order valence-electron chi connectivity index (χ4n) is 1.82. The van der Waals surface area contributed by atoms with Crippen molar-refractivity contribution in [1.82, 2.24) is 20.2 Å². The highest BCUT2D eigenvalue weighted by molar-refractivity contribution is 8.00. The number of benzene rings is 1. The molecular weight excluding hydrogens is 345 g/mol. The highest BCUT2D eigenvalue weighted by Gasteiger charge is 2.19. The Morgan fingerprint density at radius 2 is 2.00 bits per heavy atom. The van der Waals surface area contributed by atoms with Crippen LogP contribution in [-0.4, -0.2) is 32.6 Å². The second kappa shape index (κ2) is 8.70. The predicted octanol–water partition coefficient (Wildman–Crippen LogP) is 1.96. The number of ether oxygens (including phenoxy) is 1. The number of hydrogen-bond acceptors (Lipinski definition) is 6. The highest BCUT2D eigenvalue weighted by atomic mass is 32.2. The molecule has 0 bridgehead atoms. The molecular formula is C16H22FN5O2S. The van der Waals surface area contributed by atoms with Gasteiger partial charge in [0, 0.05) is 6.54 Å². The van der Waals surface area contributed by atoms with Gasteiger partial charge in [0.2, 0.25) is 11.1 Å². The van der Waals surface area contributed by atoms with Gasteiger partial charge < -0.3 is 15.9 Å². The van der Waals surface area contributed by atoms with E-state index in [1.54, 1.807) is 6.92 Å². The number of rotatable bonds is 8. The van der Waals surface area contributed by atoms with Crippen molar-refractivity contribution in [3.63, 3.8) is 0 Å². The molecule has 0 aliphatic carbocycles. The van der Waals surface area contributed by atoms with Crippen molar-refractivity contribution >= 4 is 17.7 Å². The molecule has 2 rings (SSSR count). The maximum Gasteiger partial charge on any atom is 0.233 e. The lowest BCUT2D eigenvalue weighted by Gasteiger charge is -2.12. The summed E-state index contributed by atoms with van der Waals surface area (Å²) in [6.07, 6.45) is 0. The Bertz CT molecular complexity index is 705. The zero-order chi connectivity index (χ0) is 18.4.